The zero-order valence-corrected chi connectivity index (χ0v) is 10.4. The maximum atomic E-state index is 5.96. The molecule has 1 aromatic rings. The molecule has 1 aromatic heterocycles. The van der Waals surface area contributed by atoms with Crippen LogP contribution in [0.2, 0.25) is 10.0 Å². The SMILES string of the molecule is COCCSc1nc(NN)c(Cl)cc1Cl. The van der Waals surface area contributed by atoms with Gasteiger partial charge in [-0.15, -0.1) is 11.8 Å². The lowest BCUT2D eigenvalue weighted by atomic mass is 10.4. The van der Waals surface area contributed by atoms with Gasteiger partial charge in [-0.1, -0.05) is 23.2 Å². The topological polar surface area (TPSA) is 60.2 Å². The predicted molar refractivity (Wildman–Crippen MR) is 64.7 cm³/mol. The highest BCUT2D eigenvalue weighted by atomic mass is 35.5. The van der Waals surface area contributed by atoms with E-state index in [-0.39, 0.29) is 0 Å². The number of aromatic nitrogens is 1. The van der Waals surface area contributed by atoms with Gasteiger partial charge in [-0.2, -0.15) is 0 Å². The van der Waals surface area contributed by atoms with Gasteiger partial charge in [0.05, 0.1) is 16.7 Å². The zero-order chi connectivity index (χ0) is 11.3. The van der Waals surface area contributed by atoms with Crippen molar-refractivity contribution in [2.45, 2.75) is 5.03 Å². The van der Waals surface area contributed by atoms with Gasteiger partial charge in [0.1, 0.15) is 5.03 Å². The lowest BCUT2D eigenvalue weighted by Crippen LogP contribution is -2.09. The van der Waals surface area contributed by atoms with Crippen molar-refractivity contribution in [2.75, 3.05) is 24.9 Å². The number of pyridine rings is 1. The molecule has 15 heavy (non-hydrogen) atoms. The van der Waals surface area contributed by atoms with Crippen LogP contribution in [0.4, 0.5) is 5.82 Å². The van der Waals surface area contributed by atoms with Crippen molar-refractivity contribution >= 4 is 40.8 Å². The number of hydrogen-bond acceptors (Lipinski definition) is 5. The fraction of sp³-hybridized carbons (Fsp3) is 0.375. The molecule has 0 aliphatic heterocycles. The third-order valence-electron chi connectivity index (χ3n) is 1.56. The summed E-state index contributed by atoms with van der Waals surface area (Å²) in [4.78, 5) is 4.17. The van der Waals surface area contributed by atoms with Crippen LogP contribution in [0.5, 0.6) is 0 Å². The number of hydrazine groups is 1. The molecule has 0 aliphatic rings. The molecule has 4 nitrogen and oxygen atoms in total. The molecule has 0 unspecified atom stereocenters. The molecule has 84 valence electrons. The monoisotopic (exact) mass is 267 g/mol. The van der Waals surface area contributed by atoms with Crippen LogP contribution >= 0.6 is 35.0 Å². The minimum Gasteiger partial charge on any atom is -0.384 e. The maximum absolute atomic E-state index is 5.96. The van der Waals surface area contributed by atoms with Gasteiger partial charge in [-0.25, -0.2) is 10.8 Å². The number of nitrogens with one attached hydrogen (secondary N) is 1. The summed E-state index contributed by atoms with van der Waals surface area (Å²) in [6.07, 6.45) is 0. The van der Waals surface area contributed by atoms with E-state index in [2.05, 4.69) is 10.4 Å². The molecule has 0 saturated carbocycles. The first-order valence-corrected chi connectivity index (χ1v) is 5.87. The van der Waals surface area contributed by atoms with Gasteiger partial charge in [0.15, 0.2) is 5.82 Å². The fourth-order valence-electron chi connectivity index (χ4n) is 0.874. The second-order valence-corrected chi connectivity index (χ2v) is 4.49. The number of nitrogens with two attached hydrogens (primary N) is 1. The lowest BCUT2D eigenvalue weighted by Gasteiger charge is -2.07. The molecule has 0 radical (unpaired) electrons. The van der Waals surface area contributed by atoms with Crippen LogP contribution < -0.4 is 11.3 Å². The third-order valence-corrected chi connectivity index (χ3v) is 3.20. The van der Waals surface area contributed by atoms with Crippen LogP contribution in [0.15, 0.2) is 11.1 Å². The van der Waals surface area contributed by atoms with Crippen LogP contribution in [0, 0.1) is 0 Å². The number of thioether (sulfide) groups is 1. The van der Waals surface area contributed by atoms with Gasteiger partial charge in [0.25, 0.3) is 0 Å². The van der Waals surface area contributed by atoms with E-state index in [1.54, 1.807) is 13.2 Å². The van der Waals surface area contributed by atoms with Crippen LogP contribution in [-0.2, 0) is 4.74 Å². The summed E-state index contributed by atoms with van der Waals surface area (Å²) in [6.45, 7) is 0.636. The van der Waals surface area contributed by atoms with E-state index in [1.807, 2.05) is 0 Å². The summed E-state index contributed by atoms with van der Waals surface area (Å²) in [5.74, 6) is 6.44. The minimum absolute atomic E-state index is 0.401. The quantitative estimate of drug-likeness (QED) is 0.371. The van der Waals surface area contributed by atoms with E-state index in [0.29, 0.717) is 27.5 Å². The Kier molecular flexibility index (Phi) is 5.49. The predicted octanol–water partition coefficient (Wildman–Crippen LogP) is 2.41. The summed E-state index contributed by atoms with van der Waals surface area (Å²) >= 11 is 13.3. The molecule has 0 amide bonds. The largest absolute Gasteiger partial charge is 0.384 e. The first kappa shape index (κ1) is 12.9. The molecular weight excluding hydrogens is 257 g/mol. The van der Waals surface area contributed by atoms with E-state index >= 15 is 0 Å². The molecule has 0 atom stereocenters. The van der Waals surface area contributed by atoms with Gasteiger partial charge in [-0.3, -0.25) is 0 Å². The van der Waals surface area contributed by atoms with Gasteiger partial charge < -0.3 is 10.2 Å². The Balaban J connectivity index is 2.78. The Morgan fingerprint density at radius 3 is 2.87 bits per heavy atom. The highest BCUT2D eigenvalue weighted by Gasteiger charge is 2.08. The van der Waals surface area contributed by atoms with E-state index in [9.17, 15) is 0 Å². The lowest BCUT2D eigenvalue weighted by molar-refractivity contribution is 0.218. The van der Waals surface area contributed by atoms with Crippen molar-refractivity contribution < 1.29 is 4.74 Å². The molecule has 0 spiro atoms. The van der Waals surface area contributed by atoms with Gasteiger partial charge in [0, 0.05) is 12.9 Å². The van der Waals surface area contributed by atoms with E-state index in [0.717, 1.165) is 5.75 Å². The molecule has 0 bridgehead atoms. The Bertz CT molecular complexity index is 338. The Morgan fingerprint density at radius 2 is 2.27 bits per heavy atom. The summed E-state index contributed by atoms with van der Waals surface area (Å²) in [7, 11) is 1.64. The maximum Gasteiger partial charge on any atom is 0.160 e. The summed E-state index contributed by atoms with van der Waals surface area (Å²) in [5, 5.41) is 1.60. The van der Waals surface area contributed by atoms with Crippen molar-refractivity contribution in [1.82, 2.24) is 4.98 Å². The van der Waals surface area contributed by atoms with E-state index < -0.39 is 0 Å². The van der Waals surface area contributed by atoms with Gasteiger partial charge in [0.2, 0.25) is 0 Å². The van der Waals surface area contributed by atoms with Gasteiger partial charge >= 0.3 is 0 Å². The molecule has 0 fully saturated rings. The summed E-state index contributed by atoms with van der Waals surface area (Å²) in [6, 6.07) is 1.61. The van der Waals surface area contributed by atoms with Crippen molar-refractivity contribution in [1.29, 1.82) is 0 Å². The molecule has 3 N–H and O–H groups in total. The Hall–Kier alpha value is -0.200. The normalized spacial score (nSPS) is 10.4. The third kappa shape index (κ3) is 3.70. The van der Waals surface area contributed by atoms with Crippen LogP contribution in [0.3, 0.4) is 0 Å². The Morgan fingerprint density at radius 1 is 1.53 bits per heavy atom. The van der Waals surface area contributed by atoms with E-state index in [4.69, 9.17) is 33.8 Å². The highest BCUT2D eigenvalue weighted by Crippen LogP contribution is 2.31. The van der Waals surface area contributed by atoms with Crippen molar-refractivity contribution in [2.24, 2.45) is 5.84 Å². The van der Waals surface area contributed by atoms with Crippen LogP contribution in [0.25, 0.3) is 0 Å². The number of methoxy groups -OCH3 is 1. The molecule has 7 heteroatoms. The number of nitrogen functional groups attached to an aromatic ring is 1. The van der Waals surface area contributed by atoms with E-state index in [1.165, 1.54) is 11.8 Å². The molecule has 0 saturated heterocycles. The van der Waals surface area contributed by atoms with Crippen molar-refractivity contribution in [3.05, 3.63) is 16.1 Å². The molecule has 0 aromatic carbocycles. The standard InChI is InChI=1S/C8H11Cl2N3OS/c1-14-2-3-15-8-6(10)4-5(9)7(12-8)13-11/h4H,2-3,11H2,1H3,(H,12,13). The number of rotatable bonds is 5. The Labute approximate surface area is 102 Å². The number of anilines is 1. The summed E-state index contributed by atoms with van der Waals surface area (Å²) in [5.41, 5.74) is 2.41. The molecule has 1 heterocycles. The highest BCUT2D eigenvalue weighted by molar-refractivity contribution is 7.99. The first-order valence-electron chi connectivity index (χ1n) is 4.13. The van der Waals surface area contributed by atoms with Crippen LogP contribution in [-0.4, -0.2) is 24.5 Å². The minimum atomic E-state index is 0.401. The smallest absolute Gasteiger partial charge is 0.160 e. The number of nitrogens with zero attached hydrogens (tertiary/aromatic N) is 1. The van der Waals surface area contributed by atoms with Gasteiger partial charge in [-0.05, 0) is 6.07 Å². The second-order valence-electron chi connectivity index (χ2n) is 2.59. The molecule has 1 rings (SSSR count). The van der Waals surface area contributed by atoms with Crippen molar-refractivity contribution in [3.63, 3.8) is 0 Å². The van der Waals surface area contributed by atoms with Crippen molar-refractivity contribution in [3.8, 4) is 0 Å². The average molecular weight is 268 g/mol. The number of ether oxygens (including phenoxy) is 1. The fourth-order valence-corrected chi connectivity index (χ4v) is 2.25. The van der Waals surface area contributed by atoms with Crippen LogP contribution in [0.1, 0.15) is 0 Å². The first-order chi connectivity index (χ1) is 7.19. The molecule has 0 aliphatic carbocycles. The zero-order valence-electron chi connectivity index (χ0n) is 8.09. The number of hydrogen-bond donors (Lipinski definition) is 2. The summed E-state index contributed by atoms with van der Waals surface area (Å²) < 4.78 is 4.93. The molecular formula is C8H11Cl2N3OS. The second kappa shape index (κ2) is 6.40. The average Bonchev–Trinajstić information content (AvgIpc) is 2.21. The number of halogens is 2.